The molecule has 0 aliphatic carbocycles. The van der Waals surface area contributed by atoms with Crippen LogP contribution in [0.2, 0.25) is 0 Å². The molecule has 0 aliphatic heterocycles. The summed E-state index contributed by atoms with van der Waals surface area (Å²) in [7, 11) is 1.62. The largest absolute Gasteiger partial charge is 0.497 e. The Hall–Kier alpha value is -3.12. The molecule has 0 aliphatic rings. The van der Waals surface area contributed by atoms with Crippen LogP contribution in [-0.2, 0) is 6.54 Å². The minimum atomic E-state index is -1.06. The highest BCUT2D eigenvalue weighted by atomic mass is 16.5. The predicted molar refractivity (Wildman–Crippen MR) is 97.1 cm³/mol. The summed E-state index contributed by atoms with van der Waals surface area (Å²) in [6.07, 6.45) is 0. The van der Waals surface area contributed by atoms with E-state index in [1.807, 2.05) is 61.5 Å². The molecule has 1 aromatic heterocycles. The van der Waals surface area contributed by atoms with E-state index in [4.69, 9.17) is 9.26 Å². The number of carbonyl (C=O) groups is 1. The first-order valence-electron chi connectivity index (χ1n) is 8.24. The van der Waals surface area contributed by atoms with E-state index in [9.17, 15) is 9.90 Å². The monoisotopic (exact) mass is 352 g/mol. The quantitative estimate of drug-likeness (QED) is 0.671. The Morgan fingerprint density at radius 2 is 1.88 bits per heavy atom. The van der Waals surface area contributed by atoms with Crippen LogP contribution in [0.25, 0.3) is 11.3 Å². The van der Waals surface area contributed by atoms with Gasteiger partial charge < -0.3 is 19.7 Å². The molecule has 0 saturated heterocycles. The second-order valence-electron chi connectivity index (χ2n) is 5.89. The zero-order valence-electron chi connectivity index (χ0n) is 14.6. The Balaban J connectivity index is 1.79. The van der Waals surface area contributed by atoms with Gasteiger partial charge in [0.1, 0.15) is 17.0 Å². The molecule has 0 spiro atoms. The fraction of sp³-hybridized carbons (Fsp3) is 0.200. The SMILES string of the molecule is COc1ccc(CN[C@H](C)c2onc(-c3ccccc3)c2C(=O)O)cc1. The van der Waals surface area contributed by atoms with E-state index in [1.165, 1.54) is 0 Å². The summed E-state index contributed by atoms with van der Waals surface area (Å²) >= 11 is 0. The molecular weight excluding hydrogens is 332 g/mol. The zero-order chi connectivity index (χ0) is 18.5. The number of hydrogen-bond acceptors (Lipinski definition) is 5. The summed E-state index contributed by atoms with van der Waals surface area (Å²) in [5.41, 5.74) is 2.19. The minimum Gasteiger partial charge on any atom is -0.497 e. The smallest absolute Gasteiger partial charge is 0.341 e. The summed E-state index contributed by atoms with van der Waals surface area (Å²) in [5, 5.41) is 16.9. The summed E-state index contributed by atoms with van der Waals surface area (Å²) in [6.45, 7) is 2.41. The van der Waals surface area contributed by atoms with Gasteiger partial charge in [-0.1, -0.05) is 47.6 Å². The second kappa shape index (κ2) is 7.84. The molecule has 0 fully saturated rings. The molecule has 0 saturated carbocycles. The van der Waals surface area contributed by atoms with Crippen molar-refractivity contribution in [2.75, 3.05) is 7.11 Å². The summed E-state index contributed by atoms with van der Waals surface area (Å²) < 4.78 is 10.5. The second-order valence-corrected chi connectivity index (χ2v) is 5.89. The number of carboxylic acids is 1. The van der Waals surface area contributed by atoms with Gasteiger partial charge >= 0.3 is 5.97 Å². The fourth-order valence-corrected chi connectivity index (χ4v) is 2.71. The number of rotatable bonds is 7. The molecule has 0 amide bonds. The van der Waals surface area contributed by atoms with Crippen LogP contribution in [0.1, 0.15) is 34.6 Å². The van der Waals surface area contributed by atoms with E-state index in [2.05, 4.69) is 10.5 Å². The Kier molecular flexibility index (Phi) is 5.34. The van der Waals surface area contributed by atoms with E-state index in [1.54, 1.807) is 7.11 Å². The number of benzene rings is 2. The zero-order valence-corrected chi connectivity index (χ0v) is 14.6. The number of methoxy groups -OCH3 is 1. The first-order valence-corrected chi connectivity index (χ1v) is 8.24. The maximum absolute atomic E-state index is 11.8. The Morgan fingerprint density at radius 1 is 1.19 bits per heavy atom. The lowest BCUT2D eigenvalue weighted by Crippen LogP contribution is -2.19. The van der Waals surface area contributed by atoms with Crippen LogP contribution in [0.4, 0.5) is 0 Å². The third-order valence-corrected chi connectivity index (χ3v) is 4.14. The van der Waals surface area contributed by atoms with Crippen LogP contribution < -0.4 is 10.1 Å². The maximum atomic E-state index is 11.8. The number of hydrogen-bond donors (Lipinski definition) is 2. The molecule has 0 unspecified atom stereocenters. The van der Waals surface area contributed by atoms with Crippen molar-refractivity contribution >= 4 is 5.97 Å². The highest BCUT2D eigenvalue weighted by Gasteiger charge is 2.26. The molecular formula is C20H20N2O4. The van der Waals surface area contributed by atoms with Gasteiger partial charge in [-0.05, 0) is 24.6 Å². The summed E-state index contributed by atoms with van der Waals surface area (Å²) in [6, 6.07) is 16.5. The molecule has 6 heteroatoms. The van der Waals surface area contributed by atoms with Gasteiger partial charge in [-0.15, -0.1) is 0 Å². The van der Waals surface area contributed by atoms with Crippen molar-refractivity contribution in [3.8, 4) is 17.0 Å². The average molecular weight is 352 g/mol. The first kappa shape index (κ1) is 17.7. The van der Waals surface area contributed by atoms with Crippen molar-refractivity contribution < 1.29 is 19.2 Å². The lowest BCUT2D eigenvalue weighted by atomic mass is 10.0. The molecule has 2 aromatic carbocycles. The van der Waals surface area contributed by atoms with Crippen molar-refractivity contribution in [1.82, 2.24) is 10.5 Å². The van der Waals surface area contributed by atoms with Gasteiger partial charge in [0.05, 0.1) is 13.2 Å². The fourth-order valence-electron chi connectivity index (χ4n) is 2.71. The van der Waals surface area contributed by atoms with Gasteiger partial charge in [0.25, 0.3) is 0 Å². The van der Waals surface area contributed by atoms with Crippen molar-refractivity contribution in [3.05, 3.63) is 71.5 Å². The van der Waals surface area contributed by atoms with Gasteiger partial charge in [-0.2, -0.15) is 0 Å². The molecule has 2 N–H and O–H groups in total. The molecule has 6 nitrogen and oxygen atoms in total. The van der Waals surface area contributed by atoms with E-state index in [-0.39, 0.29) is 11.6 Å². The molecule has 1 heterocycles. The number of aromatic nitrogens is 1. The van der Waals surface area contributed by atoms with E-state index in [0.717, 1.165) is 11.3 Å². The summed E-state index contributed by atoms with van der Waals surface area (Å²) in [5.74, 6) is 0.0424. The highest BCUT2D eigenvalue weighted by Crippen LogP contribution is 2.29. The molecule has 3 aromatic rings. The number of nitrogens with zero attached hydrogens (tertiary/aromatic N) is 1. The van der Waals surface area contributed by atoms with Crippen molar-refractivity contribution in [2.45, 2.75) is 19.5 Å². The van der Waals surface area contributed by atoms with Gasteiger partial charge in [-0.3, -0.25) is 0 Å². The molecule has 0 bridgehead atoms. The Morgan fingerprint density at radius 3 is 2.50 bits per heavy atom. The lowest BCUT2D eigenvalue weighted by Gasteiger charge is -2.12. The number of nitrogens with one attached hydrogen (secondary N) is 1. The number of ether oxygens (including phenoxy) is 1. The minimum absolute atomic E-state index is 0.0888. The third-order valence-electron chi connectivity index (χ3n) is 4.14. The van der Waals surface area contributed by atoms with E-state index < -0.39 is 5.97 Å². The van der Waals surface area contributed by atoms with Crippen molar-refractivity contribution in [3.63, 3.8) is 0 Å². The highest BCUT2D eigenvalue weighted by molar-refractivity contribution is 5.95. The predicted octanol–water partition coefficient (Wildman–Crippen LogP) is 3.90. The molecule has 0 radical (unpaired) electrons. The molecule has 26 heavy (non-hydrogen) atoms. The third kappa shape index (κ3) is 3.75. The van der Waals surface area contributed by atoms with Gasteiger partial charge in [0.15, 0.2) is 5.76 Å². The lowest BCUT2D eigenvalue weighted by molar-refractivity contribution is 0.0694. The van der Waals surface area contributed by atoms with Crippen LogP contribution in [0.15, 0.2) is 59.1 Å². The van der Waals surface area contributed by atoms with Crippen LogP contribution in [0.3, 0.4) is 0 Å². The van der Waals surface area contributed by atoms with E-state index >= 15 is 0 Å². The molecule has 3 rings (SSSR count). The molecule has 1 atom stereocenters. The van der Waals surface area contributed by atoms with Crippen molar-refractivity contribution in [1.29, 1.82) is 0 Å². The molecule has 134 valence electrons. The number of carboxylic acid groups (broad SMARTS) is 1. The standard InChI is InChI=1S/C20H20N2O4/c1-13(21-12-14-8-10-16(25-2)11-9-14)19-17(20(23)24)18(22-26-19)15-6-4-3-5-7-15/h3-11,13,21H,12H2,1-2H3,(H,23,24)/t13-/m1/s1. The van der Waals surface area contributed by atoms with Crippen LogP contribution in [0.5, 0.6) is 5.75 Å². The van der Waals surface area contributed by atoms with E-state index in [0.29, 0.717) is 23.6 Å². The maximum Gasteiger partial charge on any atom is 0.341 e. The van der Waals surface area contributed by atoms with Crippen LogP contribution >= 0.6 is 0 Å². The normalized spacial score (nSPS) is 11.9. The van der Waals surface area contributed by atoms with Gasteiger partial charge in [0.2, 0.25) is 0 Å². The number of aromatic carboxylic acids is 1. The van der Waals surface area contributed by atoms with Gasteiger partial charge in [0, 0.05) is 12.1 Å². The average Bonchev–Trinajstić information content (AvgIpc) is 3.13. The Labute approximate surface area is 151 Å². The van der Waals surface area contributed by atoms with Crippen LogP contribution in [-0.4, -0.2) is 23.3 Å². The summed E-state index contributed by atoms with van der Waals surface area (Å²) in [4.78, 5) is 11.8. The van der Waals surface area contributed by atoms with Crippen molar-refractivity contribution in [2.24, 2.45) is 0 Å². The Bertz CT molecular complexity index is 873. The first-order chi connectivity index (χ1) is 12.6. The topological polar surface area (TPSA) is 84.6 Å². The van der Waals surface area contributed by atoms with Gasteiger partial charge in [-0.25, -0.2) is 4.79 Å². The van der Waals surface area contributed by atoms with Crippen LogP contribution in [0, 0.1) is 0 Å².